The number of carboxylic acid groups (broad SMARTS) is 2. The number of ether oxygens (including phenoxy) is 3. The lowest BCUT2D eigenvalue weighted by Gasteiger charge is -2.37. The van der Waals surface area contributed by atoms with Gasteiger partial charge in [0.15, 0.2) is 0 Å². The van der Waals surface area contributed by atoms with Crippen LogP contribution in [0.4, 0.5) is 5.69 Å². The average Bonchev–Trinajstić information content (AvgIpc) is 3.13. The maximum Gasteiger partial charge on any atom is 0.349 e. The van der Waals surface area contributed by atoms with E-state index in [-0.39, 0.29) is 35.1 Å². The molecule has 0 saturated carbocycles. The summed E-state index contributed by atoms with van der Waals surface area (Å²) in [6.07, 6.45) is -3.70. The Morgan fingerprint density at radius 1 is 0.686 bits per heavy atom. The lowest BCUT2D eigenvalue weighted by Crippen LogP contribution is -2.45. The Morgan fingerprint density at radius 2 is 1.14 bits per heavy atom. The Labute approximate surface area is 293 Å². The fourth-order valence-electron chi connectivity index (χ4n) is 5.48. The van der Waals surface area contributed by atoms with Gasteiger partial charge in [0.1, 0.15) is 0 Å². The highest BCUT2D eigenvalue weighted by Crippen LogP contribution is 2.38. The molecule has 1 heterocycles. The summed E-state index contributed by atoms with van der Waals surface area (Å²) in [5, 5.41) is 18.5. The van der Waals surface area contributed by atoms with Crippen molar-refractivity contribution in [3.63, 3.8) is 0 Å². The van der Waals surface area contributed by atoms with E-state index < -0.39 is 36.1 Å². The zero-order valence-corrected chi connectivity index (χ0v) is 27.9. The van der Waals surface area contributed by atoms with E-state index in [1.54, 1.807) is 31.2 Å². The minimum Gasteiger partial charge on any atom is -0.478 e. The third kappa shape index (κ3) is 9.22. The number of carboxylic acids is 2. The monoisotopic (exact) mass is 696 g/mol. The molecular weight excluding hydrogens is 660 g/mol. The Hall–Kier alpha value is -6.34. The summed E-state index contributed by atoms with van der Waals surface area (Å²) in [5.41, 5.74) is 10.7. The molecule has 0 bridgehead atoms. The lowest BCUT2D eigenvalue weighted by atomic mass is 9.89. The molecule has 4 atom stereocenters. The molecule has 4 aromatic rings. The molecule has 2 unspecified atom stereocenters. The summed E-state index contributed by atoms with van der Waals surface area (Å²) in [6, 6.07) is 28.0. The molecule has 4 N–H and O–H groups in total. The number of rotatable bonds is 9. The molecule has 1 amide bonds. The first kappa shape index (κ1) is 37.5. The molecule has 13 heteroatoms. The zero-order valence-electron chi connectivity index (χ0n) is 27.9. The van der Waals surface area contributed by atoms with Crippen LogP contribution in [0.2, 0.25) is 0 Å². The number of hydrogen-bond acceptors (Lipinski definition) is 10. The number of anilines is 1. The highest BCUT2D eigenvalue weighted by molar-refractivity contribution is 5.96. The molecule has 0 spiro atoms. The van der Waals surface area contributed by atoms with Crippen molar-refractivity contribution >= 4 is 41.4 Å². The van der Waals surface area contributed by atoms with Crippen molar-refractivity contribution in [2.24, 2.45) is 5.73 Å². The van der Waals surface area contributed by atoms with E-state index in [0.29, 0.717) is 5.56 Å². The highest BCUT2D eigenvalue weighted by atomic mass is 16.6. The Morgan fingerprint density at radius 3 is 1.57 bits per heavy atom. The zero-order chi connectivity index (χ0) is 37.2. The second-order valence-electron chi connectivity index (χ2n) is 11.5. The SMILES string of the molecule is COC(=O)c1ccc(-c2ccc3c(c2)C(N)CC(C)N3C(C)=O)cc1.O=C(O[C@H](C(=O)O)[C@H](OC(=O)c1ccccc1)C(=O)O)c1ccccc1. The van der Waals surface area contributed by atoms with Crippen molar-refractivity contribution < 1.29 is 53.2 Å². The van der Waals surface area contributed by atoms with Gasteiger partial charge < -0.3 is 35.1 Å². The Kier molecular flexibility index (Phi) is 12.4. The van der Waals surface area contributed by atoms with E-state index in [1.807, 2.05) is 42.2 Å². The van der Waals surface area contributed by atoms with E-state index in [0.717, 1.165) is 28.8 Å². The summed E-state index contributed by atoms with van der Waals surface area (Å²) in [4.78, 5) is 72.2. The molecule has 264 valence electrons. The Bertz CT molecular complexity index is 1830. The number of benzene rings is 4. The van der Waals surface area contributed by atoms with Crippen LogP contribution in [-0.2, 0) is 28.6 Å². The number of aliphatic carboxylic acids is 2. The normalized spacial score (nSPS) is 15.8. The van der Waals surface area contributed by atoms with Crippen molar-refractivity contribution in [1.29, 1.82) is 0 Å². The minimum absolute atomic E-state index is 0.0239. The van der Waals surface area contributed by atoms with Gasteiger partial charge in [0.05, 0.1) is 23.8 Å². The van der Waals surface area contributed by atoms with Crippen LogP contribution in [0.1, 0.15) is 62.9 Å². The van der Waals surface area contributed by atoms with Crippen molar-refractivity contribution in [2.45, 2.75) is 44.6 Å². The lowest BCUT2D eigenvalue weighted by molar-refractivity contribution is -0.166. The molecule has 4 aromatic carbocycles. The smallest absolute Gasteiger partial charge is 0.349 e. The van der Waals surface area contributed by atoms with Crippen LogP contribution in [-0.4, -0.2) is 71.3 Å². The third-order valence-electron chi connectivity index (χ3n) is 7.95. The van der Waals surface area contributed by atoms with E-state index in [9.17, 15) is 39.0 Å². The number of nitrogens with zero attached hydrogens (tertiary/aromatic N) is 1. The number of carbonyl (C=O) groups is 6. The van der Waals surface area contributed by atoms with Crippen molar-refractivity contribution in [3.8, 4) is 11.1 Å². The number of nitrogens with two attached hydrogens (primary N) is 1. The molecule has 1 aliphatic heterocycles. The second-order valence-corrected chi connectivity index (χ2v) is 11.5. The van der Waals surface area contributed by atoms with Gasteiger partial charge in [-0.25, -0.2) is 24.0 Å². The summed E-state index contributed by atoms with van der Waals surface area (Å²) in [7, 11) is 1.36. The predicted molar refractivity (Wildman–Crippen MR) is 184 cm³/mol. The van der Waals surface area contributed by atoms with Gasteiger partial charge in [0.2, 0.25) is 18.1 Å². The summed E-state index contributed by atoms with van der Waals surface area (Å²) < 4.78 is 14.2. The van der Waals surface area contributed by atoms with Gasteiger partial charge in [-0.2, -0.15) is 0 Å². The van der Waals surface area contributed by atoms with E-state index in [2.05, 4.69) is 0 Å². The maximum absolute atomic E-state index is 12.0. The van der Waals surface area contributed by atoms with Crippen LogP contribution in [0, 0.1) is 0 Å². The molecule has 51 heavy (non-hydrogen) atoms. The molecule has 0 fully saturated rings. The summed E-state index contributed by atoms with van der Waals surface area (Å²) >= 11 is 0. The average molecular weight is 697 g/mol. The van der Waals surface area contributed by atoms with Gasteiger partial charge in [0.25, 0.3) is 0 Å². The van der Waals surface area contributed by atoms with Crippen LogP contribution < -0.4 is 10.6 Å². The fourth-order valence-corrected chi connectivity index (χ4v) is 5.48. The van der Waals surface area contributed by atoms with Crippen molar-refractivity contribution in [3.05, 3.63) is 125 Å². The van der Waals surface area contributed by atoms with Gasteiger partial charge in [0, 0.05) is 24.7 Å². The van der Waals surface area contributed by atoms with E-state index in [1.165, 1.54) is 55.6 Å². The molecular formula is C38H36N2O11. The number of methoxy groups -OCH3 is 1. The molecule has 1 aliphatic rings. The quantitative estimate of drug-likeness (QED) is 0.158. The maximum atomic E-state index is 12.0. The van der Waals surface area contributed by atoms with Gasteiger partial charge in [-0.3, -0.25) is 4.79 Å². The Balaban J connectivity index is 0.000000229. The van der Waals surface area contributed by atoms with E-state index in [4.69, 9.17) is 19.9 Å². The minimum atomic E-state index is -2.21. The van der Waals surface area contributed by atoms with Crippen LogP contribution in [0.25, 0.3) is 11.1 Å². The standard InChI is InChI=1S/C20H22N2O3.C18H14O8/c1-12-10-18(21)17-11-16(8-9-19(17)22(12)13(2)23)14-4-6-15(7-5-14)20(24)25-3;19-15(20)13(25-17(23)11-7-3-1-4-8-11)14(16(21)22)26-18(24)12-9-5-2-6-10-12/h4-9,11-12,18H,10,21H2,1-3H3;1-10,13-14H,(H,19,20)(H,21,22)/t;13-,14-/m.0/s1. The molecule has 5 rings (SSSR count). The van der Waals surface area contributed by atoms with Gasteiger partial charge >= 0.3 is 29.8 Å². The van der Waals surface area contributed by atoms with Crippen LogP contribution in [0.15, 0.2) is 103 Å². The molecule has 0 aliphatic carbocycles. The molecule has 0 aromatic heterocycles. The van der Waals surface area contributed by atoms with Gasteiger partial charge in [-0.1, -0.05) is 54.6 Å². The van der Waals surface area contributed by atoms with Crippen molar-refractivity contribution in [2.75, 3.05) is 12.0 Å². The number of carbonyl (C=O) groups excluding carboxylic acids is 4. The van der Waals surface area contributed by atoms with Gasteiger partial charge in [-0.15, -0.1) is 0 Å². The van der Waals surface area contributed by atoms with Crippen molar-refractivity contribution in [1.82, 2.24) is 0 Å². The summed E-state index contributed by atoms with van der Waals surface area (Å²) in [6.45, 7) is 3.60. The number of esters is 3. The van der Waals surface area contributed by atoms with E-state index >= 15 is 0 Å². The molecule has 0 radical (unpaired) electrons. The first-order chi connectivity index (χ1) is 24.3. The third-order valence-corrected chi connectivity index (χ3v) is 7.95. The van der Waals surface area contributed by atoms with Gasteiger partial charge in [-0.05, 0) is 78.6 Å². The highest BCUT2D eigenvalue weighted by Gasteiger charge is 2.41. The fraction of sp³-hybridized carbons (Fsp3) is 0.211. The number of fused-ring (bicyclic) bond motifs is 1. The van der Waals surface area contributed by atoms with Crippen LogP contribution >= 0.6 is 0 Å². The number of hydrogen-bond donors (Lipinski definition) is 3. The number of amides is 1. The summed E-state index contributed by atoms with van der Waals surface area (Å²) in [5.74, 6) is -5.97. The van der Waals surface area contributed by atoms with Crippen LogP contribution in [0.3, 0.4) is 0 Å². The first-order valence-electron chi connectivity index (χ1n) is 15.7. The molecule has 0 saturated heterocycles. The predicted octanol–water partition coefficient (Wildman–Crippen LogP) is 4.89. The second kappa shape index (κ2) is 16.9. The largest absolute Gasteiger partial charge is 0.478 e. The first-order valence-corrected chi connectivity index (χ1v) is 15.7. The van der Waals surface area contributed by atoms with Crippen LogP contribution in [0.5, 0.6) is 0 Å². The topological polar surface area (TPSA) is 200 Å². The molecule has 13 nitrogen and oxygen atoms in total.